The van der Waals surface area contributed by atoms with E-state index in [1.165, 1.54) is 0 Å². The monoisotopic (exact) mass is 312 g/mol. The first-order valence-corrected chi connectivity index (χ1v) is 8.45. The number of hydrogen-bond acceptors (Lipinski definition) is 3. The van der Waals surface area contributed by atoms with Gasteiger partial charge in [-0.2, -0.15) is 0 Å². The first-order chi connectivity index (χ1) is 10.1. The molecule has 0 fully saturated rings. The first-order valence-electron chi connectivity index (χ1n) is 8.45. The fraction of sp³-hybridized carbons (Fsp3) is 0.833. The van der Waals surface area contributed by atoms with Gasteiger partial charge in [0.1, 0.15) is 0 Å². The largest absolute Gasteiger partial charge is 0.384 e. The molecule has 0 bridgehead atoms. The molecule has 0 rings (SSSR count). The van der Waals surface area contributed by atoms with Crippen molar-refractivity contribution in [3.05, 3.63) is 12.3 Å². The molecule has 22 heavy (non-hydrogen) atoms. The number of carbonyl (C=O) groups excluding carboxylic acids is 1. The molecule has 4 nitrogen and oxygen atoms in total. The lowest BCUT2D eigenvalue weighted by atomic mass is 9.99. The highest BCUT2D eigenvalue weighted by atomic mass is 16.5. The van der Waals surface area contributed by atoms with E-state index >= 15 is 0 Å². The van der Waals surface area contributed by atoms with Crippen molar-refractivity contribution in [1.29, 1.82) is 0 Å². The molecule has 0 atom stereocenters. The minimum atomic E-state index is -0.0335. The number of ether oxygens (including phenoxy) is 1. The fourth-order valence-electron chi connectivity index (χ4n) is 2.05. The van der Waals surface area contributed by atoms with E-state index in [1.54, 1.807) is 0 Å². The molecule has 0 spiro atoms. The highest BCUT2D eigenvalue weighted by Gasteiger charge is 2.17. The van der Waals surface area contributed by atoms with Crippen LogP contribution in [-0.4, -0.2) is 30.7 Å². The normalized spacial score (nSPS) is 11.8. The Morgan fingerprint density at radius 3 is 2.32 bits per heavy atom. The maximum Gasteiger partial charge on any atom is 0.222 e. The van der Waals surface area contributed by atoms with Gasteiger partial charge in [-0.15, -0.1) is 0 Å². The predicted molar refractivity (Wildman–Crippen MR) is 93.8 cm³/mol. The first kappa shape index (κ1) is 21.0. The van der Waals surface area contributed by atoms with E-state index in [-0.39, 0.29) is 17.5 Å². The summed E-state index contributed by atoms with van der Waals surface area (Å²) in [5.41, 5.74) is 1.06. The molecule has 2 N–H and O–H groups in total. The molecule has 0 aromatic heterocycles. The van der Waals surface area contributed by atoms with Crippen molar-refractivity contribution in [3.63, 3.8) is 0 Å². The van der Waals surface area contributed by atoms with Crippen molar-refractivity contribution in [1.82, 2.24) is 10.6 Å². The zero-order valence-electron chi connectivity index (χ0n) is 15.4. The molecule has 0 aliphatic rings. The van der Waals surface area contributed by atoms with Crippen molar-refractivity contribution in [3.8, 4) is 0 Å². The number of nitrogens with one attached hydrogen (secondary N) is 2. The molecule has 0 aromatic carbocycles. The van der Waals surface area contributed by atoms with Gasteiger partial charge in [0.2, 0.25) is 5.91 Å². The topological polar surface area (TPSA) is 50.4 Å². The molecule has 0 aliphatic heterocycles. The summed E-state index contributed by atoms with van der Waals surface area (Å²) >= 11 is 0. The molecule has 0 saturated carbocycles. The van der Waals surface area contributed by atoms with Crippen LogP contribution in [-0.2, 0) is 9.53 Å². The van der Waals surface area contributed by atoms with Crippen molar-refractivity contribution in [2.75, 3.05) is 13.2 Å². The van der Waals surface area contributed by atoms with E-state index in [4.69, 9.17) is 4.74 Å². The third-order valence-corrected chi connectivity index (χ3v) is 3.33. The van der Waals surface area contributed by atoms with Gasteiger partial charge in [0, 0.05) is 30.3 Å². The van der Waals surface area contributed by atoms with E-state index in [0.29, 0.717) is 25.6 Å². The molecular weight excluding hydrogens is 276 g/mol. The second-order valence-corrected chi connectivity index (χ2v) is 7.38. The van der Waals surface area contributed by atoms with Gasteiger partial charge in [-0.3, -0.25) is 4.79 Å². The van der Waals surface area contributed by atoms with Gasteiger partial charge in [-0.1, -0.05) is 20.4 Å². The van der Waals surface area contributed by atoms with Crippen LogP contribution in [0.25, 0.3) is 0 Å². The summed E-state index contributed by atoms with van der Waals surface area (Å²) in [6.07, 6.45) is 3.48. The molecule has 4 heteroatoms. The van der Waals surface area contributed by atoms with Crippen molar-refractivity contribution in [2.24, 2.45) is 5.92 Å². The highest BCUT2D eigenvalue weighted by Crippen LogP contribution is 2.15. The second-order valence-electron chi connectivity index (χ2n) is 7.38. The number of rotatable bonds is 12. The number of carbonyl (C=O) groups is 1. The van der Waals surface area contributed by atoms with Crippen LogP contribution in [0.4, 0.5) is 0 Å². The second kappa shape index (κ2) is 10.7. The number of allylic oxidation sites excluding steroid dienone is 1. The van der Waals surface area contributed by atoms with Crippen LogP contribution in [0, 0.1) is 5.92 Å². The zero-order chi connectivity index (χ0) is 17.2. The molecule has 0 radical (unpaired) electrons. The Labute approximate surface area is 137 Å². The third kappa shape index (κ3) is 12.7. The Bertz CT molecular complexity index is 336. The van der Waals surface area contributed by atoms with Gasteiger partial charge >= 0.3 is 0 Å². The molecule has 0 saturated heterocycles. The third-order valence-electron chi connectivity index (χ3n) is 3.33. The quantitative estimate of drug-likeness (QED) is 0.541. The molecule has 130 valence electrons. The number of hydrogen-bond donors (Lipinski definition) is 2. The molecule has 1 amide bonds. The van der Waals surface area contributed by atoms with Crippen LogP contribution < -0.4 is 10.6 Å². The predicted octanol–water partition coefficient (Wildman–Crippen LogP) is 3.63. The summed E-state index contributed by atoms with van der Waals surface area (Å²) in [6.45, 7) is 17.9. The average Bonchev–Trinajstić information content (AvgIpc) is 2.34. The summed E-state index contributed by atoms with van der Waals surface area (Å²) in [5, 5.41) is 6.34. The molecule has 0 heterocycles. The Balaban J connectivity index is 3.79. The van der Waals surface area contributed by atoms with Gasteiger partial charge in [0.15, 0.2) is 0 Å². The molecule has 0 aliphatic carbocycles. The van der Waals surface area contributed by atoms with Crippen molar-refractivity contribution < 1.29 is 9.53 Å². The SMILES string of the molecule is C=C(CCC(C)C)NC(C)(C)CCOCCC(=O)NC(C)C. The van der Waals surface area contributed by atoms with Crippen LogP contribution in [0.1, 0.15) is 67.2 Å². The van der Waals surface area contributed by atoms with Crippen LogP contribution in [0.15, 0.2) is 12.3 Å². The maximum atomic E-state index is 11.5. The maximum absolute atomic E-state index is 11.5. The van der Waals surface area contributed by atoms with Gasteiger partial charge in [0.25, 0.3) is 0 Å². The van der Waals surface area contributed by atoms with Crippen LogP contribution in [0.2, 0.25) is 0 Å². The van der Waals surface area contributed by atoms with Gasteiger partial charge in [-0.25, -0.2) is 0 Å². The smallest absolute Gasteiger partial charge is 0.222 e. The summed E-state index contributed by atoms with van der Waals surface area (Å²) < 4.78 is 5.57. The van der Waals surface area contributed by atoms with E-state index in [2.05, 4.69) is 44.9 Å². The van der Waals surface area contributed by atoms with Gasteiger partial charge in [-0.05, 0) is 52.9 Å². The van der Waals surface area contributed by atoms with Crippen molar-refractivity contribution >= 4 is 5.91 Å². The van der Waals surface area contributed by atoms with Gasteiger partial charge < -0.3 is 15.4 Å². The minimum absolute atomic E-state index is 0.0335. The van der Waals surface area contributed by atoms with E-state index in [1.807, 2.05) is 13.8 Å². The highest BCUT2D eigenvalue weighted by molar-refractivity contribution is 5.76. The summed E-state index contributed by atoms with van der Waals surface area (Å²) in [4.78, 5) is 11.5. The lowest BCUT2D eigenvalue weighted by molar-refractivity contribution is -0.122. The van der Waals surface area contributed by atoms with Crippen LogP contribution in [0.5, 0.6) is 0 Å². The fourth-order valence-corrected chi connectivity index (χ4v) is 2.05. The minimum Gasteiger partial charge on any atom is -0.384 e. The van der Waals surface area contributed by atoms with E-state index in [9.17, 15) is 4.79 Å². The average molecular weight is 312 g/mol. The number of amides is 1. The summed E-state index contributed by atoms with van der Waals surface area (Å²) in [5.74, 6) is 0.747. The van der Waals surface area contributed by atoms with Crippen LogP contribution >= 0.6 is 0 Å². The molecular formula is C18H36N2O2. The van der Waals surface area contributed by atoms with Crippen molar-refractivity contribution in [2.45, 2.75) is 78.8 Å². The van der Waals surface area contributed by atoms with E-state index in [0.717, 1.165) is 25.0 Å². The molecule has 0 unspecified atom stereocenters. The summed E-state index contributed by atoms with van der Waals surface area (Å²) in [7, 11) is 0. The van der Waals surface area contributed by atoms with Crippen LogP contribution in [0.3, 0.4) is 0 Å². The van der Waals surface area contributed by atoms with Gasteiger partial charge in [0.05, 0.1) is 6.61 Å². The molecule has 0 aromatic rings. The lowest BCUT2D eigenvalue weighted by Gasteiger charge is -2.29. The Kier molecular flexibility index (Phi) is 10.2. The Morgan fingerprint density at radius 2 is 1.77 bits per heavy atom. The lowest BCUT2D eigenvalue weighted by Crippen LogP contribution is -2.39. The van der Waals surface area contributed by atoms with E-state index < -0.39 is 0 Å². The summed E-state index contributed by atoms with van der Waals surface area (Å²) in [6, 6.07) is 0.187. The zero-order valence-corrected chi connectivity index (χ0v) is 15.4. The standard InChI is InChI=1S/C18H36N2O2/c1-14(2)8-9-16(5)20-18(6,7)11-13-22-12-10-17(21)19-15(3)4/h14-15,20H,5,8-13H2,1-4,6-7H3,(H,19,21). The Morgan fingerprint density at radius 1 is 1.14 bits per heavy atom. The Hall–Kier alpha value is -1.03.